The van der Waals surface area contributed by atoms with Crippen LogP contribution in [0.15, 0.2) is 66.9 Å². The molecule has 0 bridgehead atoms. The molecular formula is C23H24ClN5. The summed E-state index contributed by atoms with van der Waals surface area (Å²) in [5.74, 6) is 0.914. The van der Waals surface area contributed by atoms with Crippen LogP contribution < -0.4 is 10.6 Å². The third-order valence-corrected chi connectivity index (χ3v) is 5.15. The summed E-state index contributed by atoms with van der Waals surface area (Å²) in [7, 11) is 2.13. The topological polar surface area (TPSA) is 53.1 Å². The quantitative estimate of drug-likeness (QED) is 0.437. The smallest absolute Gasteiger partial charge is 0.126 e. The summed E-state index contributed by atoms with van der Waals surface area (Å²) in [6.45, 7) is 3.57. The molecule has 29 heavy (non-hydrogen) atoms. The number of rotatable bonds is 8. The average molecular weight is 406 g/mol. The van der Waals surface area contributed by atoms with Crippen molar-refractivity contribution in [2.75, 3.05) is 43.9 Å². The van der Waals surface area contributed by atoms with E-state index < -0.39 is 0 Å². The second-order valence-corrected chi connectivity index (χ2v) is 7.50. The van der Waals surface area contributed by atoms with Gasteiger partial charge >= 0.3 is 0 Å². The van der Waals surface area contributed by atoms with E-state index in [9.17, 15) is 0 Å². The molecule has 6 heteroatoms. The minimum Gasteiger partial charge on any atom is -0.383 e. The predicted molar refractivity (Wildman–Crippen MR) is 123 cm³/mol. The first-order chi connectivity index (χ1) is 14.2. The van der Waals surface area contributed by atoms with Crippen LogP contribution in [0, 0.1) is 0 Å². The van der Waals surface area contributed by atoms with E-state index >= 15 is 0 Å². The number of pyridine rings is 2. The summed E-state index contributed by atoms with van der Waals surface area (Å²) in [6, 6.07) is 20.1. The molecule has 4 aromatic rings. The molecule has 4 rings (SSSR count). The van der Waals surface area contributed by atoms with Crippen molar-refractivity contribution in [2.24, 2.45) is 0 Å². The lowest BCUT2D eigenvalue weighted by molar-refractivity contribution is 0.361. The van der Waals surface area contributed by atoms with E-state index in [-0.39, 0.29) is 0 Å². The molecule has 0 spiro atoms. The highest BCUT2D eigenvalue weighted by molar-refractivity contribution is 6.31. The molecule has 2 N–H and O–H groups in total. The van der Waals surface area contributed by atoms with Crippen LogP contribution in [-0.2, 0) is 0 Å². The number of halogens is 1. The maximum absolute atomic E-state index is 6.06. The van der Waals surface area contributed by atoms with E-state index in [2.05, 4.69) is 44.7 Å². The number of benzene rings is 2. The molecule has 0 radical (unpaired) electrons. The largest absolute Gasteiger partial charge is 0.383 e. The van der Waals surface area contributed by atoms with Gasteiger partial charge in [-0.1, -0.05) is 29.8 Å². The van der Waals surface area contributed by atoms with Crippen LogP contribution in [0.5, 0.6) is 0 Å². The van der Waals surface area contributed by atoms with Gasteiger partial charge in [0.2, 0.25) is 0 Å². The minimum absolute atomic E-state index is 0.704. The van der Waals surface area contributed by atoms with Gasteiger partial charge in [-0.2, -0.15) is 0 Å². The van der Waals surface area contributed by atoms with E-state index in [1.807, 2.05) is 54.7 Å². The number of likely N-dealkylation sites (N-methyl/N-ethyl adjacent to an activating group) is 1. The summed E-state index contributed by atoms with van der Waals surface area (Å²) in [5.41, 5.74) is 3.00. The van der Waals surface area contributed by atoms with Gasteiger partial charge in [0.25, 0.3) is 0 Å². The highest BCUT2D eigenvalue weighted by atomic mass is 35.5. The Kier molecular flexibility index (Phi) is 6.08. The number of hydrogen-bond donors (Lipinski definition) is 2. The monoisotopic (exact) mass is 405 g/mol. The van der Waals surface area contributed by atoms with Gasteiger partial charge in [0.1, 0.15) is 5.82 Å². The molecule has 148 valence electrons. The Balaban J connectivity index is 1.24. The van der Waals surface area contributed by atoms with Gasteiger partial charge in [-0.15, -0.1) is 0 Å². The normalized spacial score (nSPS) is 11.3. The van der Waals surface area contributed by atoms with Crippen molar-refractivity contribution in [3.8, 4) is 0 Å². The highest BCUT2D eigenvalue weighted by Gasteiger charge is 2.04. The Morgan fingerprint density at radius 2 is 1.72 bits per heavy atom. The second kappa shape index (κ2) is 9.07. The Labute approximate surface area is 175 Å². The molecule has 2 aromatic heterocycles. The zero-order valence-electron chi connectivity index (χ0n) is 16.4. The summed E-state index contributed by atoms with van der Waals surface area (Å²) >= 11 is 6.06. The zero-order chi connectivity index (χ0) is 20.1. The fraction of sp³-hybridized carbons (Fsp3) is 0.217. The third kappa shape index (κ3) is 4.94. The Morgan fingerprint density at radius 1 is 0.897 bits per heavy atom. The minimum atomic E-state index is 0.704. The van der Waals surface area contributed by atoms with Gasteiger partial charge < -0.3 is 15.5 Å². The van der Waals surface area contributed by atoms with Crippen molar-refractivity contribution in [3.63, 3.8) is 0 Å². The molecule has 0 aliphatic rings. The van der Waals surface area contributed by atoms with Gasteiger partial charge in [-0.05, 0) is 49.5 Å². The van der Waals surface area contributed by atoms with Gasteiger partial charge in [0, 0.05) is 53.9 Å². The van der Waals surface area contributed by atoms with Crippen LogP contribution >= 0.6 is 11.6 Å². The maximum Gasteiger partial charge on any atom is 0.126 e. The van der Waals surface area contributed by atoms with Crippen LogP contribution in [-0.4, -0.2) is 48.1 Å². The van der Waals surface area contributed by atoms with E-state index in [0.29, 0.717) is 5.02 Å². The molecule has 0 amide bonds. The fourth-order valence-corrected chi connectivity index (χ4v) is 3.47. The molecule has 0 unspecified atom stereocenters. The lowest BCUT2D eigenvalue weighted by atomic mass is 10.2. The molecule has 2 aromatic carbocycles. The van der Waals surface area contributed by atoms with E-state index in [1.165, 1.54) is 0 Å². The Hall–Kier alpha value is -2.89. The van der Waals surface area contributed by atoms with Crippen LogP contribution in [0.2, 0.25) is 5.02 Å². The molecule has 0 atom stereocenters. The summed E-state index contributed by atoms with van der Waals surface area (Å²) in [5, 5.41) is 9.87. The van der Waals surface area contributed by atoms with Crippen molar-refractivity contribution in [1.82, 2.24) is 14.9 Å². The molecule has 0 aliphatic heterocycles. The summed E-state index contributed by atoms with van der Waals surface area (Å²) < 4.78 is 0. The molecule has 0 fully saturated rings. The molecule has 0 saturated carbocycles. The van der Waals surface area contributed by atoms with Crippen LogP contribution in [0.25, 0.3) is 21.8 Å². The van der Waals surface area contributed by atoms with Gasteiger partial charge in [-0.3, -0.25) is 4.98 Å². The van der Waals surface area contributed by atoms with Gasteiger partial charge in [0.15, 0.2) is 0 Å². The standard InChI is InChI=1S/C23H24ClN5/c1-29(15-13-27-23-9-6-17-4-2-3-5-20(17)28-23)14-12-26-21-10-11-25-22-16-18(24)7-8-19(21)22/h2-11,16H,12-15H2,1H3,(H,25,26)(H,27,28). The SMILES string of the molecule is CN(CCNc1ccc2ccccc2n1)CCNc1ccnc2cc(Cl)ccc12. The number of hydrogen-bond acceptors (Lipinski definition) is 5. The number of aromatic nitrogens is 2. The third-order valence-electron chi connectivity index (χ3n) is 4.91. The second-order valence-electron chi connectivity index (χ2n) is 7.07. The first-order valence-electron chi connectivity index (χ1n) is 9.75. The molecule has 5 nitrogen and oxygen atoms in total. The number of fused-ring (bicyclic) bond motifs is 2. The zero-order valence-corrected chi connectivity index (χ0v) is 17.2. The Morgan fingerprint density at radius 3 is 2.62 bits per heavy atom. The molecule has 2 heterocycles. The first kappa shape index (κ1) is 19.4. The molecular weight excluding hydrogens is 382 g/mol. The first-order valence-corrected chi connectivity index (χ1v) is 10.1. The van der Waals surface area contributed by atoms with Crippen molar-refractivity contribution in [1.29, 1.82) is 0 Å². The number of nitrogens with zero attached hydrogens (tertiary/aromatic N) is 3. The van der Waals surface area contributed by atoms with Crippen molar-refractivity contribution < 1.29 is 0 Å². The fourth-order valence-electron chi connectivity index (χ4n) is 3.31. The molecule has 0 saturated heterocycles. The van der Waals surface area contributed by atoms with Crippen LogP contribution in [0.1, 0.15) is 0 Å². The van der Waals surface area contributed by atoms with Crippen molar-refractivity contribution in [3.05, 3.63) is 71.9 Å². The van der Waals surface area contributed by atoms with E-state index in [1.54, 1.807) is 0 Å². The summed E-state index contributed by atoms with van der Waals surface area (Å²) in [6.07, 6.45) is 1.81. The Bertz CT molecular complexity index is 1110. The van der Waals surface area contributed by atoms with Crippen LogP contribution in [0.3, 0.4) is 0 Å². The van der Waals surface area contributed by atoms with Crippen molar-refractivity contribution >= 4 is 44.9 Å². The summed E-state index contributed by atoms with van der Waals surface area (Å²) in [4.78, 5) is 11.3. The van der Waals surface area contributed by atoms with Crippen LogP contribution in [0.4, 0.5) is 11.5 Å². The number of para-hydroxylation sites is 1. The lowest BCUT2D eigenvalue weighted by Crippen LogP contribution is -2.30. The molecule has 0 aliphatic carbocycles. The van der Waals surface area contributed by atoms with Crippen molar-refractivity contribution in [2.45, 2.75) is 0 Å². The van der Waals surface area contributed by atoms with Gasteiger partial charge in [-0.25, -0.2) is 4.98 Å². The lowest BCUT2D eigenvalue weighted by Gasteiger charge is -2.18. The average Bonchev–Trinajstić information content (AvgIpc) is 2.73. The van der Waals surface area contributed by atoms with E-state index in [4.69, 9.17) is 11.6 Å². The number of nitrogens with one attached hydrogen (secondary N) is 2. The highest BCUT2D eigenvalue weighted by Crippen LogP contribution is 2.24. The predicted octanol–water partition coefficient (Wildman–Crippen LogP) is 4.89. The van der Waals surface area contributed by atoms with E-state index in [0.717, 1.165) is 59.5 Å². The number of anilines is 2. The maximum atomic E-state index is 6.06. The van der Waals surface area contributed by atoms with Gasteiger partial charge in [0.05, 0.1) is 11.0 Å².